The van der Waals surface area contributed by atoms with E-state index >= 15 is 0 Å². The van der Waals surface area contributed by atoms with Crippen molar-refractivity contribution in [1.29, 1.82) is 0 Å². The normalized spacial score (nSPS) is 22.2. The largest absolute Gasteiger partial charge is 0.316 e. The van der Waals surface area contributed by atoms with Gasteiger partial charge in [0.05, 0.1) is 0 Å². The van der Waals surface area contributed by atoms with Gasteiger partial charge in [0.1, 0.15) is 0 Å². The number of aromatic nitrogens is 1. The molecule has 0 spiro atoms. The number of pyridine rings is 1. The highest BCUT2D eigenvalue weighted by Crippen LogP contribution is 2.31. The average molecular weight is 275 g/mol. The molecular formula is C17H29N3. The SMILES string of the molecule is CC(C)CNCC1CCC1N(C)CCc1ccncc1. The van der Waals surface area contributed by atoms with Crippen LogP contribution in [0.25, 0.3) is 0 Å². The highest BCUT2D eigenvalue weighted by molar-refractivity contribution is 5.10. The molecule has 0 bridgehead atoms. The Morgan fingerprint density at radius 2 is 2.05 bits per heavy atom. The van der Waals surface area contributed by atoms with E-state index in [1.54, 1.807) is 0 Å². The molecule has 2 unspecified atom stereocenters. The third kappa shape index (κ3) is 4.57. The Bertz CT molecular complexity index is 377. The maximum atomic E-state index is 4.07. The van der Waals surface area contributed by atoms with Gasteiger partial charge in [0.25, 0.3) is 0 Å². The average Bonchev–Trinajstić information content (AvgIpc) is 2.41. The van der Waals surface area contributed by atoms with Crippen molar-refractivity contribution in [1.82, 2.24) is 15.2 Å². The van der Waals surface area contributed by atoms with E-state index in [0.717, 1.165) is 37.4 Å². The van der Waals surface area contributed by atoms with Gasteiger partial charge in [-0.05, 0) is 68.9 Å². The second kappa shape index (κ2) is 7.75. The summed E-state index contributed by atoms with van der Waals surface area (Å²) in [7, 11) is 2.28. The van der Waals surface area contributed by atoms with Crippen molar-refractivity contribution in [2.45, 2.75) is 39.2 Å². The molecule has 2 atom stereocenters. The van der Waals surface area contributed by atoms with Gasteiger partial charge in [0, 0.05) is 25.0 Å². The number of likely N-dealkylation sites (N-methyl/N-ethyl adjacent to an activating group) is 1. The first-order valence-corrected chi connectivity index (χ1v) is 7.96. The molecule has 1 aromatic heterocycles. The molecule has 1 N–H and O–H groups in total. The Morgan fingerprint density at radius 3 is 2.65 bits per heavy atom. The van der Waals surface area contributed by atoms with Crippen LogP contribution in [0.1, 0.15) is 32.3 Å². The van der Waals surface area contributed by atoms with E-state index in [-0.39, 0.29) is 0 Å². The van der Waals surface area contributed by atoms with Crippen LogP contribution in [0, 0.1) is 11.8 Å². The van der Waals surface area contributed by atoms with Crippen LogP contribution < -0.4 is 5.32 Å². The lowest BCUT2D eigenvalue weighted by Crippen LogP contribution is -2.49. The van der Waals surface area contributed by atoms with Gasteiger partial charge in [0.2, 0.25) is 0 Å². The van der Waals surface area contributed by atoms with Crippen LogP contribution in [0.3, 0.4) is 0 Å². The first-order chi connectivity index (χ1) is 9.66. The van der Waals surface area contributed by atoms with Crippen LogP contribution in [-0.2, 0) is 6.42 Å². The van der Waals surface area contributed by atoms with Crippen LogP contribution >= 0.6 is 0 Å². The van der Waals surface area contributed by atoms with E-state index in [1.807, 2.05) is 12.4 Å². The fourth-order valence-corrected chi connectivity index (χ4v) is 2.95. The van der Waals surface area contributed by atoms with Crippen molar-refractivity contribution < 1.29 is 0 Å². The maximum Gasteiger partial charge on any atom is 0.0270 e. The van der Waals surface area contributed by atoms with Gasteiger partial charge in [-0.2, -0.15) is 0 Å². The summed E-state index contributed by atoms with van der Waals surface area (Å²) in [6, 6.07) is 5.02. The quantitative estimate of drug-likeness (QED) is 0.790. The number of nitrogens with zero attached hydrogens (tertiary/aromatic N) is 2. The Hall–Kier alpha value is -0.930. The summed E-state index contributed by atoms with van der Waals surface area (Å²) in [5.41, 5.74) is 1.39. The lowest BCUT2D eigenvalue weighted by molar-refractivity contribution is 0.0843. The molecule has 1 aliphatic carbocycles. The Labute approximate surface area is 123 Å². The van der Waals surface area contributed by atoms with E-state index in [1.165, 1.54) is 24.9 Å². The van der Waals surface area contributed by atoms with Crippen molar-refractivity contribution in [3.8, 4) is 0 Å². The number of rotatable bonds is 8. The second-order valence-corrected chi connectivity index (χ2v) is 6.54. The first-order valence-electron chi connectivity index (χ1n) is 7.96. The smallest absolute Gasteiger partial charge is 0.0270 e. The van der Waals surface area contributed by atoms with Crippen molar-refractivity contribution in [3.63, 3.8) is 0 Å². The summed E-state index contributed by atoms with van der Waals surface area (Å²) in [5.74, 6) is 1.59. The molecule has 0 saturated heterocycles. The van der Waals surface area contributed by atoms with Crippen LogP contribution in [0.15, 0.2) is 24.5 Å². The molecule has 112 valence electrons. The lowest BCUT2D eigenvalue weighted by atomic mass is 9.78. The third-order valence-electron chi connectivity index (χ3n) is 4.41. The fourth-order valence-electron chi connectivity index (χ4n) is 2.95. The summed E-state index contributed by atoms with van der Waals surface area (Å²) in [6.45, 7) is 8.01. The molecule has 1 fully saturated rings. The minimum atomic E-state index is 0.748. The second-order valence-electron chi connectivity index (χ2n) is 6.54. The van der Waals surface area contributed by atoms with Crippen molar-refractivity contribution in [2.75, 3.05) is 26.7 Å². The van der Waals surface area contributed by atoms with E-state index in [4.69, 9.17) is 0 Å². The molecule has 1 aromatic rings. The topological polar surface area (TPSA) is 28.2 Å². The van der Waals surface area contributed by atoms with Gasteiger partial charge >= 0.3 is 0 Å². The molecule has 3 nitrogen and oxygen atoms in total. The van der Waals surface area contributed by atoms with Gasteiger partial charge in [-0.3, -0.25) is 4.98 Å². The van der Waals surface area contributed by atoms with Crippen LogP contribution in [0.4, 0.5) is 0 Å². The zero-order chi connectivity index (χ0) is 14.4. The van der Waals surface area contributed by atoms with Crippen molar-refractivity contribution in [2.24, 2.45) is 11.8 Å². The molecule has 0 aromatic carbocycles. The molecule has 0 aliphatic heterocycles. The van der Waals surface area contributed by atoms with Gasteiger partial charge in [-0.25, -0.2) is 0 Å². The van der Waals surface area contributed by atoms with Crippen LogP contribution in [-0.4, -0.2) is 42.6 Å². The highest BCUT2D eigenvalue weighted by atomic mass is 15.1. The molecule has 1 heterocycles. The minimum absolute atomic E-state index is 0.748. The molecule has 20 heavy (non-hydrogen) atoms. The first kappa shape index (κ1) is 15.5. The number of hydrogen-bond donors (Lipinski definition) is 1. The van der Waals surface area contributed by atoms with Gasteiger partial charge < -0.3 is 10.2 Å². The fraction of sp³-hybridized carbons (Fsp3) is 0.706. The molecule has 1 saturated carbocycles. The third-order valence-corrected chi connectivity index (χ3v) is 4.41. The zero-order valence-electron chi connectivity index (χ0n) is 13.2. The highest BCUT2D eigenvalue weighted by Gasteiger charge is 2.33. The Morgan fingerprint density at radius 1 is 1.30 bits per heavy atom. The number of hydrogen-bond acceptors (Lipinski definition) is 3. The molecule has 0 radical (unpaired) electrons. The molecule has 0 amide bonds. The standard InChI is InChI=1S/C17H29N3/c1-14(2)12-19-13-16-4-5-17(16)20(3)11-8-15-6-9-18-10-7-15/h6-7,9-10,14,16-17,19H,4-5,8,11-13H2,1-3H3. The number of nitrogens with one attached hydrogen (secondary N) is 1. The van der Waals surface area contributed by atoms with E-state index in [9.17, 15) is 0 Å². The molecular weight excluding hydrogens is 246 g/mol. The van der Waals surface area contributed by atoms with Crippen LogP contribution in [0.2, 0.25) is 0 Å². The lowest BCUT2D eigenvalue weighted by Gasteiger charge is -2.43. The van der Waals surface area contributed by atoms with E-state index in [0.29, 0.717) is 0 Å². The predicted molar refractivity (Wildman–Crippen MR) is 84.8 cm³/mol. The predicted octanol–water partition coefficient (Wildman–Crippen LogP) is 2.58. The maximum absolute atomic E-state index is 4.07. The summed E-state index contributed by atoms with van der Waals surface area (Å²) in [4.78, 5) is 6.62. The van der Waals surface area contributed by atoms with Gasteiger partial charge in [0.15, 0.2) is 0 Å². The van der Waals surface area contributed by atoms with E-state index < -0.39 is 0 Å². The minimum Gasteiger partial charge on any atom is -0.316 e. The van der Waals surface area contributed by atoms with Gasteiger partial charge in [-0.15, -0.1) is 0 Å². The monoisotopic (exact) mass is 275 g/mol. The van der Waals surface area contributed by atoms with Gasteiger partial charge in [-0.1, -0.05) is 13.8 Å². The molecule has 1 aliphatic rings. The Kier molecular flexibility index (Phi) is 5.99. The van der Waals surface area contributed by atoms with Crippen molar-refractivity contribution in [3.05, 3.63) is 30.1 Å². The van der Waals surface area contributed by atoms with E-state index in [2.05, 4.69) is 48.2 Å². The Balaban J connectivity index is 1.68. The molecule has 2 rings (SSSR count). The summed E-state index contributed by atoms with van der Waals surface area (Å²) < 4.78 is 0. The summed E-state index contributed by atoms with van der Waals surface area (Å²) >= 11 is 0. The molecule has 3 heteroatoms. The van der Waals surface area contributed by atoms with Crippen molar-refractivity contribution >= 4 is 0 Å². The van der Waals surface area contributed by atoms with Crippen LogP contribution in [0.5, 0.6) is 0 Å². The zero-order valence-corrected chi connectivity index (χ0v) is 13.2. The summed E-state index contributed by atoms with van der Waals surface area (Å²) in [6.07, 6.45) is 7.65. The summed E-state index contributed by atoms with van der Waals surface area (Å²) in [5, 5.41) is 3.61.